The predicted molar refractivity (Wildman–Crippen MR) is 112 cm³/mol. The minimum absolute atomic E-state index is 0.0454. The van der Waals surface area contributed by atoms with Gasteiger partial charge in [0.1, 0.15) is 11.3 Å². The molecule has 0 bridgehead atoms. The summed E-state index contributed by atoms with van der Waals surface area (Å²) >= 11 is 0. The highest BCUT2D eigenvalue weighted by Gasteiger charge is 2.38. The first-order chi connectivity index (χ1) is 15.7. The molecule has 13 heteroatoms. The van der Waals surface area contributed by atoms with Gasteiger partial charge in [-0.25, -0.2) is 17.8 Å². The van der Waals surface area contributed by atoms with Crippen molar-refractivity contribution in [2.75, 3.05) is 11.6 Å². The molecule has 0 spiro atoms. The largest absolute Gasteiger partial charge is 0.437 e. The van der Waals surface area contributed by atoms with Crippen molar-refractivity contribution in [3.05, 3.63) is 70.4 Å². The van der Waals surface area contributed by atoms with Gasteiger partial charge in [0.25, 0.3) is 11.8 Å². The zero-order valence-electron chi connectivity index (χ0n) is 17.9. The summed E-state index contributed by atoms with van der Waals surface area (Å²) in [6, 6.07) is 7.19. The molecule has 7 nitrogen and oxygen atoms in total. The van der Waals surface area contributed by atoms with Gasteiger partial charge >= 0.3 is 6.18 Å². The molecule has 0 radical (unpaired) electrons. The van der Waals surface area contributed by atoms with E-state index in [0.29, 0.717) is 0 Å². The van der Waals surface area contributed by atoms with Crippen LogP contribution in [0.15, 0.2) is 41.3 Å². The summed E-state index contributed by atoms with van der Waals surface area (Å²) in [6.45, 7) is 2.16. The van der Waals surface area contributed by atoms with E-state index in [4.69, 9.17) is 9.52 Å². The summed E-state index contributed by atoms with van der Waals surface area (Å²) in [5, 5.41) is 8.82. The van der Waals surface area contributed by atoms with Gasteiger partial charge in [0.2, 0.25) is 0 Å². The first-order valence-electron chi connectivity index (χ1n) is 9.42. The number of alkyl halides is 3. The molecule has 1 unspecified atom stereocenters. The van der Waals surface area contributed by atoms with Gasteiger partial charge in [-0.3, -0.25) is 4.79 Å². The van der Waals surface area contributed by atoms with E-state index in [-0.39, 0.29) is 21.9 Å². The van der Waals surface area contributed by atoms with Crippen molar-refractivity contribution in [1.29, 1.82) is 4.78 Å². The number of halogens is 5. The van der Waals surface area contributed by atoms with E-state index in [0.717, 1.165) is 25.3 Å². The zero-order chi connectivity index (χ0) is 25.4. The van der Waals surface area contributed by atoms with Crippen molar-refractivity contribution in [3.63, 3.8) is 0 Å². The molecule has 0 fully saturated rings. The van der Waals surface area contributed by atoms with Gasteiger partial charge in [-0.05, 0) is 49.7 Å². The Balaban J connectivity index is 2.10. The molecule has 3 aromatic rings. The summed E-state index contributed by atoms with van der Waals surface area (Å²) in [7, 11) is -3.13. The third kappa shape index (κ3) is 5.14. The lowest BCUT2D eigenvalue weighted by molar-refractivity contribution is -0.142. The Morgan fingerprint density at radius 1 is 1.09 bits per heavy atom. The molecule has 0 aliphatic heterocycles. The van der Waals surface area contributed by atoms with Crippen molar-refractivity contribution in [1.82, 2.24) is 10.2 Å². The second-order valence-corrected chi connectivity index (χ2v) is 9.42. The quantitative estimate of drug-likeness (QED) is 0.452. The Morgan fingerprint density at radius 3 is 2.38 bits per heavy atom. The topological polar surface area (TPSA) is 105 Å². The summed E-state index contributed by atoms with van der Waals surface area (Å²) in [4.78, 5) is 13.1. The highest BCUT2D eigenvalue weighted by atomic mass is 32.2. The van der Waals surface area contributed by atoms with Crippen molar-refractivity contribution in [2.24, 2.45) is 0 Å². The van der Waals surface area contributed by atoms with Crippen LogP contribution in [-0.2, 0) is 15.9 Å². The van der Waals surface area contributed by atoms with Gasteiger partial charge in [-0.1, -0.05) is 6.07 Å². The van der Waals surface area contributed by atoms with Crippen LogP contribution in [0.4, 0.5) is 27.6 Å². The van der Waals surface area contributed by atoms with E-state index >= 15 is 0 Å². The number of benzene rings is 2. The SMILES string of the molecule is Cc1c(Oc2nnc(C(F)(F)F)c(C)c2C(=O)Nc2cccc(S(C)(=N)=O)c2)ccc(F)c1F. The first kappa shape index (κ1) is 25.0. The number of amides is 1. The Bertz CT molecular complexity index is 1390. The number of aromatic nitrogens is 2. The lowest BCUT2D eigenvalue weighted by Crippen LogP contribution is -2.21. The van der Waals surface area contributed by atoms with Crippen LogP contribution >= 0.6 is 0 Å². The smallest absolute Gasteiger partial charge is 0.435 e. The molecule has 0 saturated carbocycles. The van der Waals surface area contributed by atoms with E-state index < -0.39 is 56.1 Å². The number of hydrogen-bond acceptors (Lipinski definition) is 6. The Labute approximate surface area is 190 Å². The average Bonchev–Trinajstić information content (AvgIpc) is 2.73. The highest BCUT2D eigenvalue weighted by molar-refractivity contribution is 7.91. The van der Waals surface area contributed by atoms with E-state index in [9.17, 15) is 31.0 Å². The number of nitrogens with one attached hydrogen (secondary N) is 2. The molecule has 180 valence electrons. The normalized spacial score (nSPS) is 13.3. The molecule has 34 heavy (non-hydrogen) atoms. The van der Waals surface area contributed by atoms with Crippen LogP contribution in [0.2, 0.25) is 0 Å². The second-order valence-electron chi connectivity index (χ2n) is 7.26. The fourth-order valence-electron chi connectivity index (χ4n) is 2.97. The molecular formula is C21H17F5N4O3S. The van der Waals surface area contributed by atoms with Crippen molar-refractivity contribution >= 4 is 21.3 Å². The van der Waals surface area contributed by atoms with Crippen LogP contribution < -0.4 is 10.1 Å². The van der Waals surface area contributed by atoms with Crippen LogP contribution in [-0.4, -0.2) is 26.6 Å². The fourth-order valence-corrected chi connectivity index (χ4v) is 3.66. The van der Waals surface area contributed by atoms with Crippen LogP contribution in [0, 0.1) is 30.3 Å². The van der Waals surface area contributed by atoms with Crippen molar-refractivity contribution in [2.45, 2.75) is 24.9 Å². The van der Waals surface area contributed by atoms with Crippen molar-refractivity contribution < 1.29 is 35.7 Å². The lowest BCUT2D eigenvalue weighted by Gasteiger charge is -2.17. The van der Waals surface area contributed by atoms with E-state index in [1.54, 1.807) is 0 Å². The van der Waals surface area contributed by atoms with Crippen LogP contribution in [0.3, 0.4) is 0 Å². The van der Waals surface area contributed by atoms with Gasteiger partial charge < -0.3 is 10.1 Å². The minimum atomic E-state index is -4.94. The maximum atomic E-state index is 13.9. The molecule has 3 rings (SSSR count). The summed E-state index contributed by atoms with van der Waals surface area (Å²) in [6.07, 6.45) is -3.78. The molecule has 2 aromatic carbocycles. The molecule has 1 aromatic heterocycles. The van der Waals surface area contributed by atoms with Crippen molar-refractivity contribution in [3.8, 4) is 11.6 Å². The molecule has 1 amide bonds. The maximum absolute atomic E-state index is 13.9. The number of anilines is 1. The van der Waals surface area contributed by atoms with Crippen LogP contribution in [0.1, 0.15) is 27.2 Å². The number of rotatable bonds is 5. The third-order valence-corrected chi connectivity index (χ3v) is 5.87. The molecule has 1 heterocycles. The van der Waals surface area contributed by atoms with Crippen LogP contribution in [0.25, 0.3) is 0 Å². The number of carbonyl (C=O) groups is 1. The molecule has 0 aliphatic rings. The van der Waals surface area contributed by atoms with E-state index in [1.807, 2.05) is 0 Å². The zero-order valence-corrected chi connectivity index (χ0v) is 18.7. The van der Waals surface area contributed by atoms with Gasteiger partial charge in [0.05, 0.1) is 9.73 Å². The van der Waals surface area contributed by atoms with Gasteiger partial charge in [0.15, 0.2) is 17.3 Å². The Morgan fingerprint density at radius 2 is 1.76 bits per heavy atom. The lowest BCUT2D eigenvalue weighted by atomic mass is 10.1. The number of ether oxygens (including phenoxy) is 1. The highest BCUT2D eigenvalue weighted by Crippen LogP contribution is 2.36. The van der Waals surface area contributed by atoms with Crippen LogP contribution in [0.5, 0.6) is 11.6 Å². The summed E-state index contributed by atoms with van der Waals surface area (Å²) < 4.78 is 92.6. The van der Waals surface area contributed by atoms with E-state index in [2.05, 4.69) is 15.5 Å². The third-order valence-electron chi connectivity index (χ3n) is 4.72. The maximum Gasteiger partial charge on any atom is 0.435 e. The van der Waals surface area contributed by atoms with Gasteiger partial charge in [-0.15, -0.1) is 10.2 Å². The summed E-state index contributed by atoms with van der Waals surface area (Å²) in [5.74, 6) is -4.45. The molecular weight excluding hydrogens is 483 g/mol. The first-order valence-corrected chi connectivity index (χ1v) is 11.4. The Kier molecular flexibility index (Phi) is 6.60. The number of carbonyl (C=O) groups excluding carboxylic acids is 1. The molecule has 0 saturated heterocycles. The summed E-state index contributed by atoms with van der Waals surface area (Å²) in [5.41, 5.74) is -2.97. The molecule has 0 aliphatic carbocycles. The van der Waals surface area contributed by atoms with Gasteiger partial charge in [-0.2, -0.15) is 13.2 Å². The predicted octanol–water partition coefficient (Wildman–Crippen LogP) is 5.47. The average molecular weight is 500 g/mol. The minimum Gasteiger partial charge on any atom is -0.437 e. The van der Waals surface area contributed by atoms with Gasteiger partial charge in [0, 0.05) is 22.4 Å². The molecule has 1 atom stereocenters. The molecule has 2 N–H and O–H groups in total. The number of hydrogen-bond donors (Lipinski definition) is 2. The number of nitrogens with zero attached hydrogens (tertiary/aromatic N) is 2. The standard InChI is InChI=1S/C21H17F5N4O3S/c1-10-15(8-7-14(22)17(10)23)33-20-16(11(2)18(29-30-20)21(24,25)26)19(31)28-12-5-4-6-13(9-12)34(3,27)32/h4-9,27H,1-3H3,(H,28,31). The second kappa shape index (κ2) is 8.97. The monoisotopic (exact) mass is 500 g/mol. The Hall–Kier alpha value is -3.61. The fraction of sp³-hybridized carbons (Fsp3) is 0.190. The van der Waals surface area contributed by atoms with E-state index in [1.165, 1.54) is 31.2 Å².